The van der Waals surface area contributed by atoms with E-state index in [4.69, 9.17) is 20.9 Å². The molecule has 4 nitrogen and oxygen atoms in total. The summed E-state index contributed by atoms with van der Waals surface area (Å²) in [5.74, 6) is -0.712. The normalized spacial score (nSPS) is 11.5. The van der Waals surface area contributed by atoms with Gasteiger partial charge in [0.15, 0.2) is 0 Å². The van der Waals surface area contributed by atoms with Gasteiger partial charge in [0.2, 0.25) is 0 Å². The number of aryl methyl sites for hydroxylation is 1. The molecular weight excluding hydrogens is 323 g/mol. The summed E-state index contributed by atoms with van der Waals surface area (Å²) in [6.07, 6.45) is -4.65. The van der Waals surface area contributed by atoms with Gasteiger partial charge in [-0.05, 0) is 26.0 Å². The van der Waals surface area contributed by atoms with E-state index < -0.39 is 17.7 Å². The number of hydrogen-bond donors (Lipinski definition) is 0. The fourth-order valence-electron chi connectivity index (χ4n) is 1.96. The van der Waals surface area contributed by atoms with Crippen LogP contribution in [0.15, 0.2) is 22.7 Å². The van der Waals surface area contributed by atoms with Crippen LogP contribution in [0.1, 0.15) is 28.6 Å². The first-order valence-electron chi connectivity index (χ1n) is 6.26. The lowest BCUT2D eigenvalue weighted by Gasteiger charge is -2.12. The van der Waals surface area contributed by atoms with Crippen LogP contribution in [0.3, 0.4) is 0 Å². The van der Waals surface area contributed by atoms with E-state index in [0.29, 0.717) is 0 Å². The lowest BCUT2D eigenvalue weighted by atomic mass is 10.0. The molecule has 2 aromatic rings. The van der Waals surface area contributed by atoms with Crippen molar-refractivity contribution in [2.75, 3.05) is 6.61 Å². The Morgan fingerprint density at radius 3 is 2.68 bits per heavy atom. The zero-order valence-corrected chi connectivity index (χ0v) is 12.4. The third kappa shape index (κ3) is 3.09. The van der Waals surface area contributed by atoms with Gasteiger partial charge in [-0.1, -0.05) is 22.8 Å². The molecule has 1 aromatic carbocycles. The van der Waals surface area contributed by atoms with E-state index in [1.54, 1.807) is 6.92 Å². The van der Waals surface area contributed by atoms with Crippen LogP contribution in [0.4, 0.5) is 13.2 Å². The van der Waals surface area contributed by atoms with E-state index in [-0.39, 0.29) is 34.2 Å². The Labute approximate surface area is 128 Å². The lowest BCUT2D eigenvalue weighted by molar-refractivity contribution is -0.137. The molecule has 118 valence electrons. The van der Waals surface area contributed by atoms with Crippen LogP contribution < -0.4 is 0 Å². The molecule has 0 saturated carbocycles. The molecule has 8 heteroatoms. The number of carbonyl (C=O) groups excluding carboxylic acids is 1. The molecule has 22 heavy (non-hydrogen) atoms. The van der Waals surface area contributed by atoms with Gasteiger partial charge in [0, 0.05) is 10.6 Å². The van der Waals surface area contributed by atoms with Gasteiger partial charge in [-0.2, -0.15) is 13.2 Å². The minimum absolute atomic E-state index is 0.0750. The van der Waals surface area contributed by atoms with Gasteiger partial charge in [0.25, 0.3) is 0 Å². The highest BCUT2D eigenvalue weighted by Crippen LogP contribution is 2.39. The van der Waals surface area contributed by atoms with Crippen LogP contribution in [0, 0.1) is 6.92 Å². The third-order valence-corrected chi connectivity index (χ3v) is 3.12. The Bertz CT molecular complexity index is 710. The molecule has 0 N–H and O–H groups in total. The van der Waals surface area contributed by atoms with E-state index in [1.807, 2.05) is 0 Å². The van der Waals surface area contributed by atoms with Gasteiger partial charge >= 0.3 is 12.1 Å². The molecule has 0 fully saturated rings. The highest BCUT2D eigenvalue weighted by molar-refractivity contribution is 6.30. The summed E-state index contributed by atoms with van der Waals surface area (Å²) in [6, 6.07) is 3.20. The second kappa shape index (κ2) is 6.00. The zero-order valence-electron chi connectivity index (χ0n) is 11.6. The van der Waals surface area contributed by atoms with Crippen LogP contribution in [0.25, 0.3) is 11.3 Å². The molecular formula is C14H11ClF3NO3. The van der Waals surface area contributed by atoms with Crippen molar-refractivity contribution in [2.45, 2.75) is 20.0 Å². The van der Waals surface area contributed by atoms with Crippen molar-refractivity contribution in [1.29, 1.82) is 0 Å². The highest BCUT2D eigenvalue weighted by atomic mass is 35.5. The molecule has 0 bridgehead atoms. The fourth-order valence-corrected chi connectivity index (χ4v) is 2.13. The van der Waals surface area contributed by atoms with Gasteiger partial charge < -0.3 is 9.26 Å². The molecule has 0 atom stereocenters. The van der Waals surface area contributed by atoms with Crippen LogP contribution >= 0.6 is 11.6 Å². The number of halogens is 4. The van der Waals surface area contributed by atoms with Crippen molar-refractivity contribution < 1.29 is 27.2 Å². The summed E-state index contributed by atoms with van der Waals surface area (Å²) < 4.78 is 49.2. The predicted molar refractivity (Wildman–Crippen MR) is 72.6 cm³/mol. The second-order valence-corrected chi connectivity index (χ2v) is 4.81. The quantitative estimate of drug-likeness (QED) is 0.776. The van der Waals surface area contributed by atoms with Gasteiger partial charge in [-0.25, -0.2) is 4.79 Å². The van der Waals surface area contributed by atoms with E-state index >= 15 is 0 Å². The van der Waals surface area contributed by atoms with E-state index in [2.05, 4.69) is 5.16 Å². The van der Waals surface area contributed by atoms with Gasteiger partial charge in [0.05, 0.1) is 12.2 Å². The van der Waals surface area contributed by atoms with Gasteiger partial charge in [-0.15, -0.1) is 0 Å². The molecule has 1 aromatic heterocycles. The van der Waals surface area contributed by atoms with Crippen LogP contribution in [-0.2, 0) is 10.9 Å². The van der Waals surface area contributed by atoms with Crippen molar-refractivity contribution in [3.05, 3.63) is 40.1 Å². The number of rotatable bonds is 3. The van der Waals surface area contributed by atoms with E-state index in [9.17, 15) is 18.0 Å². The van der Waals surface area contributed by atoms with E-state index in [1.165, 1.54) is 13.0 Å². The molecule has 2 rings (SSSR count). The number of benzene rings is 1. The maximum absolute atomic E-state index is 13.2. The lowest BCUT2D eigenvalue weighted by Crippen LogP contribution is -2.10. The van der Waals surface area contributed by atoms with Crippen LogP contribution in [0.5, 0.6) is 0 Å². The van der Waals surface area contributed by atoms with E-state index in [0.717, 1.165) is 12.1 Å². The Balaban J connectivity index is 2.66. The number of carbonyl (C=O) groups is 1. The second-order valence-electron chi connectivity index (χ2n) is 4.37. The zero-order chi connectivity index (χ0) is 16.5. The van der Waals surface area contributed by atoms with Crippen molar-refractivity contribution in [3.8, 4) is 11.3 Å². The number of hydrogen-bond acceptors (Lipinski definition) is 4. The topological polar surface area (TPSA) is 52.3 Å². The summed E-state index contributed by atoms with van der Waals surface area (Å²) in [7, 11) is 0. The first-order valence-corrected chi connectivity index (χ1v) is 6.64. The standard InChI is InChI=1S/C14H11ClF3NO3/c1-3-21-13(20)11-7(2)22-19-12(11)9-5-4-8(15)6-10(9)14(16,17)18/h4-6H,3H2,1-2H3. The highest BCUT2D eigenvalue weighted by Gasteiger charge is 2.36. The van der Waals surface area contributed by atoms with Crippen LogP contribution in [-0.4, -0.2) is 17.7 Å². The molecule has 0 radical (unpaired) electrons. The number of aromatic nitrogens is 1. The number of alkyl halides is 3. The van der Waals surface area contributed by atoms with Gasteiger partial charge in [-0.3, -0.25) is 0 Å². The summed E-state index contributed by atoms with van der Waals surface area (Å²) in [5.41, 5.74) is -1.65. The van der Waals surface area contributed by atoms with Crippen molar-refractivity contribution in [1.82, 2.24) is 5.16 Å². The monoisotopic (exact) mass is 333 g/mol. The Morgan fingerprint density at radius 1 is 1.41 bits per heavy atom. The van der Waals surface area contributed by atoms with Crippen molar-refractivity contribution in [2.24, 2.45) is 0 Å². The first kappa shape index (κ1) is 16.4. The van der Waals surface area contributed by atoms with Gasteiger partial charge in [0.1, 0.15) is 17.0 Å². The maximum Gasteiger partial charge on any atom is 0.417 e. The fraction of sp³-hybridized carbons (Fsp3) is 0.286. The predicted octanol–water partition coefficient (Wildman–Crippen LogP) is 4.50. The average Bonchev–Trinajstić information content (AvgIpc) is 2.80. The molecule has 0 aliphatic carbocycles. The Kier molecular flexibility index (Phi) is 4.46. The molecule has 0 unspecified atom stereocenters. The molecule has 0 aliphatic heterocycles. The SMILES string of the molecule is CCOC(=O)c1c(-c2ccc(Cl)cc2C(F)(F)F)noc1C. The summed E-state index contributed by atoms with van der Waals surface area (Å²) in [5, 5.41) is 3.50. The Morgan fingerprint density at radius 2 is 2.09 bits per heavy atom. The average molecular weight is 334 g/mol. The third-order valence-electron chi connectivity index (χ3n) is 2.88. The van der Waals surface area contributed by atoms with Crippen LogP contribution in [0.2, 0.25) is 5.02 Å². The summed E-state index contributed by atoms with van der Waals surface area (Å²) in [6.45, 7) is 3.09. The Hall–Kier alpha value is -2.02. The van der Waals surface area contributed by atoms with Crippen molar-refractivity contribution >= 4 is 17.6 Å². The summed E-state index contributed by atoms with van der Waals surface area (Å²) >= 11 is 5.63. The van der Waals surface area contributed by atoms with Crippen molar-refractivity contribution in [3.63, 3.8) is 0 Å². The molecule has 0 aliphatic rings. The summed E-state index contributed by atoms with van der Waals surface area (Å²) in [4.78, 5) is 11.9. The minimum atomic E-state index is -4.65. The minimum Gasteiger partial charge on any atom is -0.462 e. The molecule has 0 spiro atoms. The molecule has 1 heterocycles. The molecule has 0 saturated heterocycles. The number of nitrogens with zero attached hydrogens (tertiary/aromatic N) is 1. The largest absolute Gasteiger partial charge is 0.462 e. The first-order chi connectivity index (χ1) is 10.3. The maximum atomic E-state index is 13.2. The molecule has 0 amide bonds. The number of esters is 1. The number of ether oxygens (including phenoxy) is 1. The smallest absolute Gasteiger partial charge is 0.417 e.